The van der Waals surface area contributed by atoms with Gasteiger partial charge in [-0.1, -0.05) is 36.4 Å². The highest BCUT2D eigenvalue weighted by Crippen LogP contribution is 2.22. The first kappa shape index (κ1) is 17.6. The smallest absolute Gasteiger partial charge is 0.218 e. The SMILES string of the molecule is O=S(=O)(Cc1ccccc1)N(CCc1cccs1)C1CCOCC1. The first-order chi connectivity index (χ1) is 11.6. The van der Waals surface area contributed by atoms with Crippen LogP contribution in [0.2, 0.25) is 0 Å². The number of nitrogens with zero attached hydrogens (tertiary/aromatic N) is 1. The van der Waals surface area contributed by atoms with Crippen LogP contribution in [0.3, 0.4) is 0 Å². The molecule has 0 radical (unpaired) electrons. The van der Waals surface area contributed by atoms with Gasteiger partial charge in [-0.2, -0.15) is 4.31 Å². The quantitative estimate of drug-likeness (QED) is 0.756. The summed E-state index contributed by atoms with van der Waals surface area (Å²) in [5.74, 6) is 0.0651. The third-order valence-electron chi connectivity index (χ3n) is 4.31. The summed E-state index contributed by atoms with van der Waals surface area (Å²) < 4.78 is 33.2. The zero-order chi connectivity index (χ0) is 16.8. The van der Waals surface area contributed by atoms with Gasteiger partial charge in [0.15, 0.2) is 0 Å². The summed E-state index contributed by atoms with van der Waals surface area (Å²) in [6.07, 6.45) is 2.32. The average Bonchev–Trinajstić information content (AvgIpc) is 3.10. The summed E-state index contributed by atoms with van der Waals surface area (Å²) in [6.45, 7) is 1.82. The Morgan fingerprint density at radius 1 is 1.08 bits per heavy atom. The molecule has 4 nitrogen and oxygen atoms in total. The number of rotatable bonds is 7. The minimum atomic E-state index is -3.35. The molecule has 24 heavy (non-hydrogen) atoms. The molecule has 1 aliphatic rings. The molecular formula is C18H23NO3S2. The molecule has 1 fully saturated rings. The fraction of sp³-hybridized carbons (Fsp3) is 0.444. The van der Waals surface area contributed by atoms with Crippen molar-refractivity contribution in [2.24, 2.45) is 0 Å². The maximum atomic E-state index is 13.0. The van der Waals surface area contributed by atoms with Gasteiger partial charge in [0.1, 0.15) is 0 Å². The minimum absolute atomic E-state index is 0.0485. The zero-order valence-electron chi connectivity index (χ0n) is 13.6. The zero-order valence-corrected chi connectivity index (χ0v) is 15.3. The van der Waals surface area contributed by atoms with E-state index in [0.717, 1.165) is 24.8 Å². The van der Waals surface area contributed by atoms with Gasteiger partial charge >= 0.3 is 0 Å². The fourth-order valence-corrected chi connectivity index (χ4v) is 5.58. The number of hydrogen-bond donors (Lipinski definition) is 0. The Kier molecular flexibility index (Phi) is 6.05. The van der Waals surface area contributed by atoms with E-state index >= 15 is 0 Å². The van der Waals surface area contributed by atoms with Crippen LogP contribution in [0, 0.1) is 0 Å². The Balaban J connectivity index is 1.76. The van der Waals surface area contributed by atoms with Crippen LogP contribution < -0.4 is 0 Å². The highest BCUT2D eigenvalue weighted by molar-refractivity contribution is 7.88. The molecule has 1 aromatic carbocycles. The van der Waals surface area contributed by atoms with E-state index in [2.05, 4.69) is 6.07 Å². The van der Waals surface area contributed by atoms with E-state index in [4.69, 9.17) is 4.74 Å². The van der Waals surface area contributed by atoms with E-state index in [1.54, 1.807) is 15.6 Å². The Hall–Kier alpha value is -1.21. The summed E-state index contributed by atoms with van der Waals surface area (Å²) in [7, 11) is -3.35. The molecule has 3 rings (SSSR count). The summed E-state index contributed by atoms with van der Waals surface area (Å²) in [5, 5.41) is 2.03. The number of benzene rings is 1. The van der Waals surface area contributed by atoms with Crippen molar-refractivity contribution in [3.63, 3.8) is 0 Å². The topological polar surface area (TPSA) is 46.6 Å². The van der Waals surface area contributed by atoms with Crippen molar-refractivity contribution >= 4 is 21.4 Å². The Morgan fingerprint density at radius 2 is 1.83 bits per heavy atom. The standard InChI is InChI=1S/C18H23NO3S2/c20-24(21,15-16-5-2-1-3-6-16)19(17-9-12-22-13-10-17)11-8-18-7-4-14-23-18/h1-7,14,17H,8-13,15H2. The second-order valence-corrected chi connectivity index (χ2v) is 8.98. The van der Waals surface area contributed by atoms with Crippen molar-refractivity contribution in [1.29, 1.82) is 0 Å². The van der Waals surface area contributed by atoms with Crippen LogP contribution in [0.1, 0.15) is 23.3 Å². The van der Waals surface area contributed by atoms with Crippen LogP contribution in [0.15, 0.2) is 47.8 Å². The van der Waals surface area contributed by atoms with Gasteiger partial charge in [-0.05, 0) is 36.3 Å². The lowest BCUT2D eigenvalue weighted by molar-refractivity contribution is 0.0586. The van der Waals surface area contributed by atoms with Gasteiger partial charge in [0, 0.05) is 30.7 Å². The van der Waals surface area contributed by atoms with Gasteiger partial charge in [-0.25, -0.2) is 8.42 Å². The summed E-state index contributed by atoms with van der Waals surface area (Å²) in [5.41, 5.74) is 0.839. The van der Waals surface area contributed by atoms with E-state index in [0.29, 0.717) is 19.8 Å². The molecule has 130 valence electrons. The van der Waals surface area contributed by atoms with Gasteiger partial charge in [0.05, 0.1) is 5.75 Å². The predicted molar refractivity (Wildman–Crippen MR) is 97.6 cm³/mol. The summed E-state index contributed by atoms with van der Waals surface area (Å²) in [6, 6.07) is 13.5. The third kappa shape index (κ3) is 4.66. The van der Waals surface area contributed by atoms with Crippen LogP contribution >= 0.6 is 11.3 Å². The average molecular weight is 366 g/mol. The van der Waals surface area contributed by atoms with E-state index in [1.165, 1.54) is 4.88 Å². The lowest BCUT2D eigenvalue weighted by atomic mass is 10.1. The van der Waals surface area contributed by atoms with Crippen LogP contribution in [0.5, 0.6) is 0 Å². The highest BCUT2D eigenvalue weighted by atomic mass is 32.2. The lowest BCUT2D eigenvalue weighted by Crippen LogP contribution is -2.44. The number of thiophene rings is 1. The second-order valence-electron chi connectivity index (χ2n) is 6.03. The first-order valence-electron chi connectivity index (χ1n) is 8.29. The van der Waals surface area contributed by atoms with Crippen molar-refractivity contribution in [1.82, 2.24) is 4.31 Å². The Bertz CT molecular complexity index is 708. The van der Waals surface area contributed by atoms with Gasteiger partial charge in [-0.15, -0.1) is 11.3 Å². The molecule has 2 heterocycles. The second kappa shape index (κ2) is 8.25. The van der Waals surface area contributed by atoms with Crippen molar-refractivity contribution in [2.45, 2.75) is 31.1 Å². The monoisotopic (exact) mass is 365 g/mol. The molecular weight excluding hydrogens is 342 g/mol. The number of sulfonamides is 1. The maximum absolute atomic E-state index is 13.0. The van der Waals surface area contributed by atoms with Crippen molar-refractivity contribution in [3.05, 3.63) is 58.3 Å². The van der Waals surface area contributed by atoms with Crippen LogP contribution in [0.25, 0.3) is 0 Å². The van der Waals surface area contributed by atoms with Gasteiger partial charge in [0.25, 0.3) is 0 Å². The van der Waals surface area contributed by atoms with Crippen LogP contribution in [0.4, 0.5) is 0 Å². The van der Waals surface area contributed by atoms with Crippen molar-refractivity contribution < 1.29 is 13.2 Å². The lowest BCUT2D eigenvalue weighted by Gasteiger charge is -2.33. The molecule has 0 N–H and O–H groups in total. The summed E-state index contributed by atoms with van der Waals surface area (Å²) >= 11 is 1.68. The molecule has 0 spiro atoms. The van der Waals surface area contributed by atoms with Gasteiger partial charge in [0.2, 0.25) is 10.0 Å². The summed E-state index contributed by atoms with van der Waals surface area (Å²) in [4.78, 5) is 1.22. The Labute approximate surface area is 148 Å². The van der Waals surface area contributed by atoms with E-state index < -0.39 is 10.0 Å². The van der Waals surface area contributed by atoms with Crippen molar-refractivity contribution in [2.75, 3.05) is 19.8 Å². The van der Waals surface area contributed by atoms with Gasteiger partial charge < -0.3 is 4.74 Å². The molecule has 2 aromatic rings. The molecule has 0 saturated carbocycles. The third-order valence-corrected chi connectivity index (χ3v) is 7.14. The molecule has 0 atom stereocenters. The maximum Gasteiger partial charge on any atom is 0.218 e. The van der Waals surface area contributed by atoms with Gasteiger partial charge in [-0.3, -0.25) is 0 Å². The Morgan fingerprint density at radius 3 is 2.50 bits per heavy atom. The van der Waals surface area contributed by atoms with Crippen molar-refractivity contribution in [3.8, 4) is 0 Å². The molecule has 0 aliphatic carbocycles. The molecule has 1 saturated heterocycles. The van der Waals surface area contributed by atoms with Crippen LogP contribution in [-0.2, 0) is 26.9 Å². The molecule has 0 unspecified atom stereocenters. The minimum Gasteiger partial charge on any atom is -0.381 e. The molecule has 6 heteroatoms. The largest absolute Gasteiger partial charge is 0.381 e. The normalized spacial score (nSPS) is 16.5. The molecule has 0 amide bonds. The fourth-order valence-electron chi connectivity index (χ4n) is 3.06. The highest BCUT2D eigenvalue weighted by Gasteiger charge is 2.31. The van der Waals surface area contributed by atoms with Crippen LogP contribution in [-0.4, -0.2) is 38.5 Å². The number of hydrogen-bond acceptors (Lipinski definition) is 4. The van der Waals surface area contributed by atoms with E-state index in [1.807, 2.05) is 41.8 Å². The molecule has 1 aromatic heterocycles. The van der Waals surface area contributed by atoms with E-state index in [9.17, 15) is 8.42 Å². The predicted octanol–water partition coefficient (Wildman–Crippen LogP) is 3.30. The number of ether oxygens (including phenoxy) is 1. The van der Waals surface area contributed by atoms with E-state index in [-0.39, 0.29) is 11.8 Å². The first-order valence-corrected chi connectivity index (χ1v) is 10.8. The molecule has 1 aliphatic heterocycles. The molecule has 0 bridgehead atoms.